The molecule has 0 fully saturated rings. The predicted molar refractivity (Wildman–Crippen MR) is 87.1 cm³/mol. The number of rotatable bonds is 4. The summed E-state index contributed by atoms with van der Waals surface area (Å²) in [6.45, 7) is -0.159. The highest BCUT2D eigenvalue weighted by Gasteiger charge is 2.11. The Balaban J connectivity index is 1.94. The minimum absolute atomic E-state index is 0.159. The van der Waals surface area contributed by atoms with Crippen molar-refractivity contribution in [3.05, 3.63) is 99.3 Å². The van der Waals surface area contributed by atoms with Crippen LogP contribution < -0.4 is 11.1 Å². The molecular formula is C18H14N2O3. The fraction of sp³-hybridized carbons (Fsp3) is 0.0556. The minimum atomic E-state index is -0.722. The maximum absolute atomic E-state index is 12.2. The van der Waals surface area contributed by atoms with Gasteiger partial charge in [-0.3, -0.25) is 19.0 Å². The molecule has 0 atom stereocenters. The van der Waals surface area contributed by atoms with Crippen LogP contribution in [-0.4, -0.2) is 14.9 Å². The SMILES string of the molecule is O=C(Cn1ccn(-c2ccccc2)c(=O)c1=O)c1ccccc1. The number of carbonyl (C=O) groups excluding carboxylic acids is 1. The summed E-state index contributed by atoms with van der Waals surface area (Å²) in [6, 6.07) is 17.5. The Morgan fingerprint density at radius 3 is 2.04 bits per heavy atom. The van der Waals surface area contributed by atoms with Gasteiger partial charge in [0.05, 0.1) is 6.54 Å². The maximum atomic E-state index is 12.2. The third kappa shape index (κ3) is 3.03. The third-order valence-corrected chi connectivity index (χ3v) is 3.50. The Morgan fingerprint density at radius 2 is 1.39 bits per heavy atom. The summed E-state index contributed by atoms with van der Waals surface area (Å²) < 4.78 is 2.41. The van der Waals surface area contributed by atoms with Crippen molar-refractivity contribution in [2.45, 2.75) is 6.54 Å². The van der Waals surface area contributed by atoms with Crippen LogP contribution in [0.15, 0.2) is 82.6 Å². The van der Waals surface area contributed by atoms with Gasteiger partial charge in [0.2, 0.25) is 0 Å². The average Bonchev–Trinajstić information content (AvgIpc) is 2.60. The molecule has 0 N–H and O–H groups in total. The van der Waals surface area contributed by atoms with E-state index in [1.165, 1.54) is 17.0 Å². The molecule has 1 heterocycles. The number of aromatic nitrogens is 2. The van der Waals surface area contributed by atoms with Crippen LogP contribution in [0.4, 0.5) is 0 Å². The molecule has 5 heteroatoms. The largest absolute Gasteiger partial charge is 0.320 e. The topological polar surface area (TPSA) is 61.1 Å². The first-order chi connectivity index (χ1) is 11.2. The van der Waals surface area contributed by atoms with Crippen molar-refractivity contribution in [2.24, 2.45) is 0 Å². The molecule has 0 unspecified atom stereocenters. The van der Waals surface area contributed by atoms with Crippen LogP contribution in [0.3, 0.4) is 0 Å². The van der Waals surface area contributed by atoms with E-state index < -0.39 is 11.1 Å². The highest BCUT2D eigenvalue weighted by atomic mass is 16.2. The zero-order chi connectivity index (χ0) is 16.2. The number of carbonyl (C=O) groups is 1. The van der Waals surface area contributed by atoms with Gasteiger partial charge in [-0.1, -0.05) is 48.5 Å². The van der Waals surface area contributed by atoms with Crippen LogP contribution >= 0.6 is 0 Å². The van der Waals surface area contributed by atoms with Crippen molar-refractivity contribution >= 4 is 5.78 Å². The fourth-order valence-electron chi connectivity index (χ4n) is 2.29. The molecule has 2 aromatic carbocycles. The second-order valence-electron chi connectivity index (χ2n) is 5.03. The van der Waals surface area contributed by atoms with Gasteiger partial charge in [0, 0.05) is 23.6 Å². The van der Waals surface area contributed by atoms with Gasteiger partial charge in [0.15, 0.2) is 5.78 Å². The zero-order valence-corrected chi connectivity index (χ0v) is 12.3. The van der Waals surface area contributed by atoms with Crippen molar-refractivity contribution < 1.29 is 4.79 Å². The van der Waals surface area contributed by atoms with Crippen LogP contribution in [0.25, 0.3) is 5.69 Å². The molecule has 3 aromatic rings. The van der Waals surface area contributed by atoms with Crippen molar-refractivity contribution in [2.75, 3.05) is 0 Å². The zero-order valence-electron chi connectivity index (χ0n) is 12.3. The third-order valence-electron chi connectivity index (χ3n) is 3.50. The van der Waals surface area contributed by atoms with Crippen LogP contribution in [0.1, 0.15) is 10.4 Å². The van der Waals surface area contributed by atoms with E-state index in [1.54, 1.807) is 48.5 Å². The van der Waals surface area contributed by atoms with E-state index in [-0.39, 0.29) is 12.3 Å². The van der Waals surface area contributed by atoms with Gasteiger partial charge in [0.1, 0.15) is 0 Å². The monoisotopic (exact) mass is 306 g/mol. The average molecular weight is 306 g/mol. The molecule has 0 bridgehead atoms. The summed E-state index contributed by atoms with van der Waals surface area (Å²) in [5.41, 5.74) is -0.289. The lowest BCUT2D eigenvalue weighted by Gasteiger charge is -2.08. The Kier molecular flexibility index (Phi) is 4.01. The highest BCUT2D eigenvalue weighted by molar-refractivity contribution is 5.95. The molecule has 1 aromatic heterocycles. The molecule has 0 aliphatic heterocycles. The van der Waals surface area contributed by atoms with Gasteiger partial charge in [0.25, 0.3) is 0 Å². The van der Waals surface area contributed by atoms with Gasteiger partial charge in [-0.15, -0.1) is 0 Å². The van der Waals surface area contributed by atoms with E-state index in [0.29, 0.717) is 11.3 Å². The first-order valence-corrected chi connectivity index (χ1v) is 7.12. The molecule has 23 heavy (non-hydrogen) atoms. The van der Waals surface area contributed by atoms with E-state index in [0.717, 1.165) is 4.57 Å². The number of nitrogens with zero attached hydrogens (tertiary/aromatic N) is 2. The molecule has 0 aliphatic rings. The number of hydrogen-bond donors (Lipinski definition) is 0. The second kappa shape index (κ2) is 6.27. The van der Waals surface area contributed by atoms with Gasteiger partial charge in [-0.2, -0.15) is 0 Å². The predicted octanol–water partition coefficient (Wildman–Crippen LogP) is 1.88. The highest BCUT2D eigenvalue weighted by Crippen LogP contribution is 2.03. The smallest absolute Gasteiger partial charge is 0.301 e. The molecule has 0 spiro atoms. The lowest BCUT2D eigenvalue weighted by atomic mass is 10.1. The molecular weight excluding hydrogens is 292 g/mol. The van der Waals surface area contributed by atoms with E-state index in [4.69, 9.17) is 0 Å². The summed E-state index contributed by atoms with van der Waals surface area (Å²) in [6.07, 6.45) is 2.95. The van der Waals surface area contributed by atoms with Crippen molar-refractivity contribution in [1.82, 2.24) is 9.13 Å². The number of benzene rings is 2. The normalized spacial score (nSPS) is 10.4. The Labute approximate surface area is 132 Å². The molecule has 5 nitrogen and oxygen atoms in total. The van der Waals surface area contributed by atoms with Crippen LogP contribution in [-0.2, 0) is 6.54 Å². The standard InChI is InChI=1S/C18H14N2O3/c21-16(14-7-3-1-4-8-14)13-19-11-12-20(18(23)17(19)22)15-9-5-2-6-10-15/h1-12H,13H2. The van der Waals surface area contributed by atoms with Gasteiger partial charge in [-0.05, 0) is 12.1 Å². The second-order valence-corrected chi connectivity index (χ2v) is 5.03. The molecule has 0 saturated heterocycles. The molecule has 0 saturated carbocycles. The summed E-state index contributed by atoms with van der Waals surface area (Å²) in [7, 11) is 0. The maximum Gasteiger partial charge on any atom is 0.320 e. The van der Waals surface area contributed by atoms with Crippen LogP contribution in [0.5, 0.6) is 0 Å². The summed E-state index contributed by atoms with van der Waals surface area (Å²) in [5, 5.41) is 0. The summed E-state index contributed by atoms with van der Waals surface area (Å²) in [5.74, 6) is -0.218. The number of ketones is 1. The van der Waals surface area contributed by atoms with Crippen molar-refractivity contribution in [3.8, 4) is 5.69 Å². The van der Waals surface area contributed by atoms with E-state index in [2.05, 4.69) is 0 Å². The molecule has 3 rings (SSSR count). The number of para-hydroxylation sites is 1. The van der Waals surface area contributed by atoms with Gasteiger partial charge < -0.3 is 4.57 Å². The van der Waals surface area contributed by atoms with Crippen LogP contribution in [0.2, 0.25) is 0 Å². The molecule has 0 amide bonds. The minimum Gasteiger partial charge on any atom is -0.301 e. The molecule has 114 valence electrons. The molecule has 0 aliphatic carbocycles. The quantitative estimate of drug-likeness (QED) is 0.546. The first-order valence-electron chi connectivity index (χ1n) is 7.12. The number of Topliss-reactive ketones (excluding diaryl/α,β-unsaturated/α-hetero) is 1. The fourth-order valence-corrected chi connectivity index (χ4v) is 2.29. The van der Waals surface area contributed by atoms with E-state index in [9.17, 15) is 14.4 Å². The lowest BCUT2D eigenvalue weighted by Crippen LogP contribution is -2.41. The van der Waals surface area contributed by atoms with Crippen LogP contribution in [0, 0.1) is 0 Å². The van der Waals surface area contributed by atoms with Gasteiger partial charge in [-0.25, -0.2) is 0 Å². The van der Waals surface area contributed by atoms with Crippen molar-refractivity contribution in [3.63, 3.8) is 0 Å². The van der Waals surface area contributed by atoms with E-state index in [1.807, 2.05) is 12.1 Å². The summed E-state index contributed by atoms with van der Waals surface area (Å²) >= 11 is 0. The summed E-state index contributed by atoms with van der Waals surface area (Å²) in [4.78, 5) is 36.6. The van der Waals surface area contributed by atoms with Gasteiger partial charge >= 0.3 is 11.1 Å². The first kappa shape index (κ1) is 14.7. The van der Waals surface area contributed by atoms with E-state index >= 15 is 0 Å². The Hall–Kier alpha value is -3.21. The molecule has 0 radical (unpaired) electrons. The number of hydrogen-bond acceptors (Lipinski definition) is 3. The lowest BCUT2D eigenvalue weighted by molar-refractivity contribution is 0.0970. The van der Waals surface area contributed by atoms with Crippen molar-refractivity contribution in [1.29, 1.82) is 0 Å². The Bertz CT molecular complexity index is 941. The Morgan fingerprint density at radius 1 is 0.783 bits per heavy atom.